The zero-order chi connectivity index (χ0) is 21.8. The van der Waals surface area contributed by atoms with Gasteiger partial charge in [0, 0.05) is 35.4 Å². The van der Waals surface area contributed by atoms with Crippen molar-refractivity contribution < 1.29 is 9.47 Å². The van der Waals surface area contributed by atoms with E-state index in [2.05, 4.69) is 37.9 Å². The van der Waals surface area contributed by atoms with E-state index < -0.39 is 5.72 Å². The van der Waals surface area contributed by atoms with Crippen LogP contribution in [0.5, 0.6) is 11.5 Å². The summed E-state index contributed by atoms with van der Waals surface area (Å²) in [6.07, 6.45) is 5.00. The Labute approximate surface area is 190 Å². The predicted octanol–water partition coefficient (Wildman–Crippen LogP) is 6.82. The quantitative estimate of drug-likeness (QED) is 0.515. The Balaban J connectivity index is 1.57. The van der Waals surface area contributed by atoms with Crippen molar-refractivity contribution in [2.24, 2.45) is 16.4 Å². The highest BCUT2D eigenvalue weighted by Gasteiger charge is 2.53. The molecule has 0 radical (unpaired) electrons. The van der Waals surface area contributed by atoms with Crippen LogP contribution in [0.2, 0.25) is 5.02 Å². The molecule has 0 amide bonds. The molecule has 2 heterocycles. The van der Waals surface area contributed by atoms with Gasteiger partial charge in [-0.2, -0.15) is 5.10 Å². The number of benzene rings is 2. The van der Waals surface area contributed by atoms with Gasteiger partial charge in [0.15, 0.2) is 17.2 Å². The van der Waals surface area contributed by atoms with Gasteiger partial charge in [-0.1, -0.05) is 62.7 Å². The molecule has 4 nitrogen and oxygen atoms in total. The lowest BCUT2D eigenvalue weighted by molar-refractivity contribution is -0.152. The van der Waals surface area contributed by atoms with Gasteiger partial charge >= 0.3 is 0 Å². The molecule has 1 aliphatic carbocycles. The molecule has 164 valence electrons. The molecule has 0 saturated heterocycles. The fourth-order valence-electron chi connectivity index (χ4n) is 5.55. The molecule has 2 aromatic carbocycles. The third kappa shape index (κ3) is 3.40. The average Bonchev–Trinajstić information content (AvgIpc) is 3.20. The van der Waals surface area contributed by atoms with Crippen LogP contribution in [0.4, 0.5) is 0 Å². The van der Waals surface area contributed by atoms with Crippen LogP contribution in [-0.2, 0) is 0 Å². The molecule has 1 saturated carbocycles. The second kappa shape index (κ2) is 7.44. The Kier molecular flexibility index (Phi) is 4.97. The van der Waals surface area contributed by atoms with Gasteiger partial charge in [0.25, 0.3) is 0 Å². The number of ether oxygens (including phenoxy) is 2. The molecule has 1 fully saturated rings. The van der Waals surface area contributed by atoms with Crippen LogP contribution >= 0.6 is 11.6 Å². The minimum Gasteiger partial charge on any atom is -0.493 e. The van der Waals surface area contributed by atoms with Crippen LogP contribution in [0.15, 0.2) is 47.6 Å². The molecule has 2 aliphatic heterocycles. The number of para-hydroxylation sites is 1. The van der Waals surface area contributed by atoms with Gasteiger partial charge in [-0.15, -0.1) is 0 Å². The summed E-state index contributed by atoms with van der Waals surface area (Å²) < 4.78 is 12.5. The van der Waals surface area contributed by atoms with Crippen molar-refractivity contribution in [3.63, 3.8) is 0 Å². The Hall–Kier alpha value is -2.20. The number of nitrogens with zero attached hydrogens (tertiary/aromatic N) is 2. The SMILES string of the molecule is COc1cccc2c1OC1(CCC(C(C)(C)C)CC1)N1N=C(c3ccccc3Cl)C[C@@H]21. The van der Waals surface area contributed by atoms with Gasteiger partial charge in [0.2, 0.25) is 0 Å². The second-order valence-corrected chi connectivity index (χ2v) is 10.6. The minimum atomic E-state index is -0.433. The number of halogens is 1. The lowest BCUT2D eigenvalue weighted by atomic mass is 9.69. The molecule has 0 bridgehead atoms. The number of rotatable bonds is 2. The number of hydrazone groups is 1. The highest BCUT2D eigenvalue weighted by Crippen LogP contribution is 2.55. The van der Waals surface area contributed by atoms with Gasteiger partial charge in [-0.3, -0.25) is 0 Å². The Morgan fingerprint density at radius 1 is 1.10 bits per heavy atom. The van der Waals surface area contributed by atoms with Crippen LogP contribution in [-0.4, -0.2) is 23.6 Å². The van der Waals surface area contributed by atoms with Crippen LogP contribution in [0.25, 0.3) is 0 Å². The zero-order valence-corrected chi connectivity index (χ0v) is 19.6. The molecule has 2 aromatic rings. The summed E-state index contributed by atoms with van der Waals surface area (Å²) in [6, 6.07) is 14.3. The van der Waals surface area contributed by atoms with Crippen LogP contribution < -0.4 is 9.47 Å². The summed E-state index contributed by atoms with van der Waals surface area (Å²) in [5, 5.41) is 8.16. The minimum absolute atomic E-state index is 0.135. The van der Waals surface area contributed by atoms with E-state index in [0.29, 0.717) is 11.3 Å². The molecule has 1 atom stereocenters. The lowest BCUT2D eigenvalue weighted by Gasteiger charge is -2.52. The first-order chi connectivity index (χ1) is 14.8. The molecule has 3 aliphatic rings. The summed E-state index contributed by atoms with van der Waals surface area (Å²) >= 11 is 6.55. The van der Waals surface area contributed by atoms with Crippen molar-refractivity contribution in [1.29, 1.82) is 0 Å². The van der Waals surface area contributed by atoms with Gasteiger partial charge in [0.1, 0.15) is 0 Å². The van der Waals surface area contributed by atoms with Crippen molar-refractivity contribution in [1.82, 2.24) is 5.01 Å². The van der Waals surface area contributed by atoms with Crippen molar-refractivity contribution >= 4 is 17.3 Å². The second-order valence-electron chi connectivity index (χ2n) is 10.2. The van der Waals surface area contributed by atoms with E-state index in [1.807, 2.05) is 30.3 Å². The monoisotopic (exact) mass is 438 g/mol. The molecular weight excluding hydrogens is 408 g/mol. The van der Waals surface area contributed by atoms with Crippen LogP contribution in [0.1, 0.15) is 70.0 Å². The number of methoxy groups -OCH3 is 1. The van der Waals surface area contributed by atoms with Gasteiger partial charge in [0.05, 0.1) is 18.9 Å². The summed E-state index contributed by atoms with van der Waals surface area (Å²) in [7, 11) is 1.72. The lowest BCUT2D eigenvalue weighted by Crippen LogP contribution is -2.56. The predicted molar refractivity (Wildman–Crippen MR) is 125 cm³/mol. The van der Waals surface area contributed by atoms with Gasteiger partial charge in [-0.05, 0) is 36.3 Å². The maximum absolute atomic E-state index is 6.83. The normalized spacial score (nSPS) is 27.4. The highest BCUT2D eigenvalue weighted by molar-refractivity contribution is 6.34. The molecule has 5 heteroatoms. The van der Waals surface area contributed by atoms with Crippen LogP contribution in [0, 0.1) is 11.3 Å². The van der Waals surface area contributed by atoms with Gasteiger partial charge in [-0.25, -0.2) is 5.01 Å². The van der Waals surface area contributed by atoms with E-state index in [-0.39, 0.29) is 6.04 Å². The van der Waals surface area contributed by atoms with E-state index in [0.717, 1.165) is 65.5 Å². The van der Waals surface area contributed by atoms with Crippen molar-refractivity contribution in [2.45, 2.75) is 64.6 Å². The largest absolute Gasteiger partial charge is 0.493 e. The maximum atomic E-state index is 6.83. The Morgan fingerprint density at radius 3 is 2.52 bits per heavy atom. The number of hydrogen-bond acceptors (Lipinski definition) is 4. The first-order valence-corrected chi connectivity index (χ1v) is 11.7. The molecule has 0 aromatic heterocycles. The third-order valence-electron chi connectivity index (χ3n) is 7.38. The zero-order valence-electron chi connectivity index (χ0n) is 18.8. The van der Waals surface area contributed by atoms with E-state index in [1.54, 1.807) is 7.11 Å². The molecular formula is C26H31ClN2O2. The molecule has 0 N–H and O–H groups in total. The fraction of sp³-hybridized carbons (Fsp3) is 0.500. The summed E-state index contributed by atoms with van der Waals surface area (Å²) in [6.45, 7) is 7.05. The van der Waals surface area contributed by atoms with Gasteiger partial charge < -0.3 is 9.47 Å². The molecule has 5 rings (SSSR count). The maximum Gasteiger partial charge on any atom is 0.198 e. The van der Waals surface area contributed by atoms with Crippen LogP contribution in [0.3, 0.4) is 0 Å². The summed E-state index contributed by atoms with van der Waals surface area (Å²) in [4.78, 5) is 0. The first kappa shape index (κ1) is 20.7. The Morgan fingerprint density at radius 2 is 1.84 bits per heavy atom. The van der Waals surface area contributed by atoms with Crippen molar-refractivity contribution in [2.75, 3.05) is 7.11 Å². The number of hydrogen-bond donors (Lipinski definition) is 0. The number of fused-ring (bicyclic) bond motifs is 4. The van der Waals surface area contributed by atoms with E-state index in [9.17, 15) is 0 Å². The smallest absolute Gasteiger partial charge is 0.198 e. The highest BCUT2D eigenvalue weighted by atomic mass is 35.5. The first-order valence-electron chi connectivity index (χ1n) is 11.3. The molecule has 0 unspecified atom stereocenters. The standard InChI is InChI=1S/C26H31ClN2O2/c1-25(2,3)17-12-14-26(15-13-17)29-22(19-9-7-11-23(30-4)24(19)31-26)16-21(28-29)18-8-5-6-10-20(18)27/h5-11,17,22H,12-16H2,1-4H3/t17?,22-,26?/m0/s1. The van der Waals surface area contributed by atoms with Crippen molar-refractivity contribution in [3.05, 3.63) is 58.6 Å². The summed E-state index contributed by atoms with van der Waals surface area (Å²) in [5.74, 6) is 2.38. The topological polar surface area (TPSA) is 34.1 Å². The summed E-state index contributed by atoms with van der Waals surface area (Å²) in [5.41, 5.74) is 3.07. The molecule has 1 spiro atoms. The van der Waals surface area contributed by atoms with Crippen molar-refractivity contribution in [3.8, 4) is 11.5 Å². The third-order valence-corrected chi connectivity index (χ3v) is 7.71. The van der Waals surface area contributed by atoms with E-state index in [4.69, 9.17) is 26.2 Å². The van der Waals surface area contributed by atoms with E-state index in [1.165, 1.54) is 0 Å². The Bertz CT molecular complexity index is 1020. The molecule has 31 heavy (non-hydrogen) atoms. The average molecular weight is 439 g/mol. The fourth-order valence-corrected chi connectivity index (χ4v) is 5.80. The van der Waals surface area contributed by atoms with E-state index >= 15 is 0 Å².